The molecule has 0 aromatic carbocycles. The highest BCUT2D eigenvalue weighted by molar-refractivity contribution is 5.85. The van der Waals surface area contributed by atoms with Crippen LogP contribution in [0.2, 0.25) is 0 Å². The van der Waals surface area contributed by atoms with Crippen LogP contribution >= 0.6 is 0 Å². The Hall–Kier alpha value is -2.13. The van der Waals surface area contributed by atoms with Crippen molar-refractivity contribution in [3.63, 3.8) is 0 Å². The molecule has 2 aliphatic heterocycles. The lowest BCUT2D eigenvalue weighted by Gasteiger charge is -2.63. The van der Waals surface area contributed by atoms with E-state index in [0.717, 1.165) is 70.2 Å². The zero-order valence-corrected chi connectivity index (χ0v) is 24.5. The van der Waals surface area contributed by atoms with Gasteiger partial charge < -0.3 is 30.1 Å². The number of piperazine rings is 1. The Morgan fingerprint density at radius 3 is 2.67 bits per heavy atom. The van der Waals surface area contributed by atoms with Gasteiger partial charge in [-0.15, -0.1) is 0 Å². The van der Waals surface area contributed by atoms with E-state index in [4.69, 9.17) is 9.47 Å². The van der Waals surface area contributed by atoms with E-state index in [9.17, 15) is 19.5 Å². The smallest absolute Gasteiger partial charge is 0.331 e. The molecule has 1 saturated heterocycles. The van der Waals surface area contributed by atoms with E-state index in [2.05, 4.69) is 31.4 Å². The van der Waals surface area contributed by atoms with Crippen molar-refractivity contribution in [2.45, 2.75) is 103 Å². The molecule has 0 aromatic heterocycles. The molecule has 0 aromatic rings. The number of nitrogens with zero attached hydrogens (tertiary/aromatic N) is 1. The van der Waals surface area contributed by atoms with Gasteiger partial charge in [0.25, 0.3) is 0 Å². The maximum absolute atomic E-state index is 13.1. The van der Waals surface area contributed by atoms with Crippen LogP contribution in [0.15, 0.2) is 11.6 Å². The lowest BCUT2D eigenvalue weighted by Crippen LogP contribution is -2.63. The number of hydrogen-bond donors (Lipinski definition) is 3. The standard InChI is InChI=1S/C31H47N3O6/c1-18-16-32-11-12-34(18)28(37)33-22-7-9-29(3)21(14-22)5-6-24-23(29)8-10-30(4)27(20-13-26(36)39-17-20)25(40-19(2)35)15-31(24,30)38/h13,18,21-25,27,32,38H,5-12,14-17H2,1-4H3,(H,33,37)/t18?,21-,22?,23+,24-,25+,27+,29+,30-,31+/m1/s1. The van der Waals surface area contributed by atoms with Gasteiger partial charge >= 0.3 is 18.0 Å². The number of urea groups is 1. The molecule has 2 heterocycles. The molecule has 5 fully saturated rings. The molecule has 0 spiro atoms. The average Bonchev–Trinajstić information content (AvgIpc) is 3.41. The lowest BCUT2D eigenvalue weighted by molar-refractivity contribution is -0.204. The van der Waals surface area contributed by atoms with Crippen molar-refractivity contribution < 1.29 is 29.0 Å². The maximum atomic E-state index is 13.1. The number of ether oxygens (including phenoxy) is 2. The van der Waals surface area contributed by atoms with Crippen LogP contribution in [0, 0.1) is 34.5 Å². The summed E-state index contributed by atoms with van der Waals surface area (Å²) >= 11 is 0. The van der Waals surface area contributed by atoms with Gasteiger partial charge in [0.15, 0.2) is 0 Å². The first-order valence-corrected chi connectivity index (χ1v) is 15.5. The van der Waals surface area contributed by atoms with Crippen LogP contribution in [0.3, 0.4) is 0 Å². The summed E-state index contributed by atoms with van der Waals surface area (Å²) in [5, 5.41) is 19.4. The van der Waals surface area contributed by atoms with E-state index in [1.165, 1.54) is 6.92 Å². The largest absolute Gasteiger partial charge is 0.462 e. The fourth-order valence-corrected chi connectivity index (χ4v) is 10.3. The molecule has 10 atom stereocenters. The topological polar surface area (TPSA) is 117 Å². The Labute approximate surface area is 237 Å². The van der Waals surface area contributed by atoms with E-state index in [-0.39, 0.29) is 53.9 Å². The maximum Gasteiger partial charge on any atom is 0.331 e. The molecule has 6 aliphatic rings. The lowest BCUT2D eigenvalue weighted by atomic mass is 9.43. The third-order valence-electron chi connectivity index (χ3n) is 12.3. The number of aliphatic hydroxyl groups is 1. The molecular formula is C31H47N3O6. The van der Waals surface area contributed by atoms with Gasteiger partial charge in [0.05, 0.1) is 5.60 Å². The molecule has 4 saturated carbocycles. The summed E-state index contributed by atoms with van der Waals surface area (Å²) in [6, 6.07) is 0.458. The first kappa shape index (κ1) is 28.0. The molecule has 9 heteroatoms. The van der Waals surface area contributed by atoms with Gasteiger partial charge in [-0.2, -0.15) is 0 Å². The van der Waals surface area contributed by atoms with Crippen molar-refractivity contribution in [2.75, 3.05) is 26.2 Å². The Bertz CT molecular complexity index is 1090. The summed E-state index contributed by atoms with van der Waals surface area (Å²) in [6.07, 6.45) is 8.28. The molecular weight excluding hydrogens is 510 g/mol. The summed E-state index contributed by atoms with van der Waals surface area (Å²) in [7, 11) is 0. The highest BCUT2D eigenvalue weighted by Crippen LogP contribution is 2.70. The second-order valence-corrected chi connectivity index (χ2v) is 14.2. The first-order valence-electron chi connectivity index (χ1n) is 15.5. The summed E-state index contributed by atoms with van der Waals surface area (Å²) < 4.78 is 11.1. The fourth-order valence-electron chi connectivity index (χ4n) is 10.3. The van der Waals surface area contributed by atoms with Crippen molar-refractivity contribution >= 4 is 18.0 Å². The SMILES string of the molecule is CC(=O)O[C@H]1C[C@]2(O)[C@@H]3CC[C@@H]4CC(NC(=O)N5CCNCC5C)CC[C@]4(C)[C@H]3CC[C@]2(C)[C@H]1C1=CC(=O)OC1. The summed E-state index contributed by atoms with van der Waals surface area (Å²) in [5.74, 6) is 0.0642. The minimum atomic E-state index is -0.981. The van der Waals surface area contributed by atoms with Crippen LogP contribution in [0.5, 0.6) is 0 Å². The van der Waals surface area contributed by atoms with Crippen LogP contribution in [0.25, 0.3) is 0 Å². The molecule has 0 bridgehead atoms. The molecule has 6 rings (SSSR count). The van der Waals surface area contributed by atoms with Gasteiger partial charge in [0.2, 0.25) is 0 Å². The number of rotatable bonds is 3. The highest BCUT2D eigenvalue weighted by atomic mass is 16.5. The van der Waals surface area contributed by atoms with Crippen molar-refractivity contribution in [3.05, 3.63) is 11.6 Å². The van der Waals surface area contributed by atoms with Gasteiger partial charge in [0.1, 0.15) is 12.7 Å². The van der Waals surface area contributed by atoms with Crippen LogP contribution < -0.4 is 10.6 Å². The molecule has 2 amide bonds. The van der Waals surface area contributed by atoms with Crippen molar-refractivity contribution in [3.8, 4) is 0 Å². The number of cyclic esters (lactones) is 1. The summed E-state index contributed by atoms with van der Waals surface area (Å²) in [4.78, 5) is 39.2. The molecule has 0 radical (unpaired) electrons. The van der Waals surface area contributed by atoms with Crippen LogP contribution in [-0.4, -0.2) is 78.0 Å². The van der Waals surface area contributed by atoms with Crippen LogP contribution in [0.1, 0.15) is 79.1 Å². The molecule has 4 aliphatic carbocycles. The molecule has 40 heavy (non-hydrogen) atoms. The third-order valence-corrected chi connectivity index (χ3v) is 12.3. The van der Waals surface area contributed by atoms with Crippen molar-refractivity contribution in [2.24, 2.45) is 34.5 Å². The Balaban J connectivity index is 1.20. The predicted octanol–water partition coefficient (Wildman–Crippen LogP) is 3.16. The van der Waals surface area contributed by atoms with Crippen LogP contribution in [0.4, 0.5) is 4.79 Å². The fraction of sp³-hybridized carbons (Fsp3) is 0.839. The third kappa shape index (κ3) is 4.29. The molecule has 3 N–H and O–H groups in total. The van der Waals surface area contributed by atoms with Gasteiger partial charge in [0, 0.05) is 62.5 Å². The molecule has 2 unspecified atom stereocenters. The van der Waals surface area contributed by atoms with Gasteiger partial charge in [-0.05, 0) is 80.6 Å². The first-order chi connectivity index (χ1) is 19.0. The van der Waals surface area contributed by atoms with Gasteiger partial charge in [-0.25, -0.2) is 9.59 Å². The quantitative estimate of drug-likeness (QED) is 0.457. The number of amides is 2. The number of esters is 2. The van der Waals surface area contributed by atoms with Gasteiger partial charge in [-0.1, -0.05) is 13.8 Å². The van der Waals surface area contributed by atoms with Gasteiger partial charge in [-0.3, -0.25) is 4.79 Å². The Kier molecular flexibility index (Phi) is 7.00. The molecule has 9 nitrogen and oxygen atoms in total. The monoisotopic (exact) mass is 557 g/mol. The number of carbonyl (C=O) groups is 3. The van der Waals surface area contributed by atoms with E-state index in [0.29, 0.717) is 18.3 Å². The minimum Gasteiger partial charge on any atom is -0.462 e. The Morgan fingerprint density at radius 1 is 1.18 bits per heavy atom. The van der Waals surface area contributed by atoms with E-state index >= 15 is 0 Å². The summed E-state index contributed by atoms with van der Waals surface area (Å²) in [5.41, 5.74) is -0.528. The Morgan fingerprint density at radius 2 is 1.98 bits per heavy atom. The van der Waals surface area contributed by atoms with Crippen molar-refractivity contribution in [1.29, 1.82) is 0 Å². The zero-order chi connectivity index (χ0) is 28.4. The van der Waals surface area contributed by atoms with E-state index in [1.807, 2.05) is 4.90 Å². The molecule has 222 valence electrons. The van der Waals surface area contributed by atoms with E-state index < -0.39 is 17.1 Å². The minimum absolute atomic E-state index is 0.0659. The second kappa shape index (κ2) is 10.0. The summed E-state index contributed by atoms with van der Waals surface area (Å²) in [6.45, 7) is 10.7. The number of fused-ring (bicyclic) bond motifs is 5. The zero-order valence-electron chi connectivity index (χ0n) is 24.5. The number of nitrogens with one attached hydrogen (secondary N) is 2. The van der Waals surface area contributed by atoms with E-state index in [1.54, 1.807) is 6.08 Å². The predicted molar refractivity (Wildman–Crippen MR) is 148 cm³/mol. The second-order valence-electron chi connectivity index (χ2n) is 14.2. The average molecular weight is 558 g/mol. The number of carbonyl (C=O) groups excluding carboxylic acids is 3. The number of hydrogen-bond acceptors (Lipinski definition) is 7. The highest BCUT2D eigenvalue weighted by Gasteiger charge is 2.71. The normalized spacial score (nSPS) is 46.4. The van der Waals surface area contributed by atoms with Crippen LogP contribution in [-0.2, 0) is 19.1 Å². The van der Waals surface area contributed by atoms with Crippen molar-refractivity contribution in [1.82, 2.24) is 15.5 Å².